The summed E-state index contributed by atoms with van der Waals surface area (Å²) in [5.74, 6) is -0.990. The topological polar surface area (TPSA) is 67.5 Å². The number of aromatic nitrogens is 3. The zero-order chi connectivity index (χ0) is 17.1. The van der Waals surface area contributed by atoms with Crippen LogP contribution in [-0.2, 0) is 20.1 Å². The normalized spacial score (nSPS) is 10.0. The molecule has 6 heteroatoms. The summed E-state index contributed by atoms with van der Waals surface area (Å²) >= 11 is 0. The Morgan fingerprint density at radius 3 is 2.60 bits per heavy atom. The van der Waals surface area contributed by atoms with Gasteiger partial charge in [0.1, 0.15) is 5.69 Å². The first-order valence-electron chi connectivity index (χ1n) is 7.47. The first-order valence-corrected chi connectivity index (χ1v) is 7.47. The number of carboxylic acids is 1. The monoisotopic (exact) mass is 511 g/mol. The number of fused-ring (bicyclic) bond motifs is 3. The zero-order valence-corrected chi connectivity index (χ0v) is 16.1. The van der Waals surface area contributed by atoms with E-state index in [9.17, 15) is 4.79 Å². The van der Waals surface area contributed by atoms with Crippen molar-refractivity contribution >= 4 is 22.4 Å². The first-order chi connectivity index (χ1) is 11.6. The Balaban J connectivity index is 0.000000196. The Bertz CT molecular complexity index is 1010. The smallest absolute Gasteiger partial charge is 0.354 e. The Labute approximate surface area is 158 Å². The van der Waals surface area contributed by atoms with Crippen LogP contribution in [0.25, 0.3) is 16.4 Å². The van der Waals surface area contributed by atoms with Gasteiger partial charge in [0, 0.05) is 37.7 Å². The zero-order valence-electron chi connectivity index (χ0n) is 13.7. The van der Waals surface area contributed by atoms with Crippen LogP contribution in [-0.4, -0.2) is 25.4 Å². The SMILES string of the molecule is Cc1nc2c3[c-]cccc3ccn2c1C.O=C(O)c1ccccn1.[Ir]. The number of benzene rings is 1. The molecule has 0 atom stereocenters. The second kappa shape index (κ2) is 8.01. The molecule has 1 aromatic carbocycles. The number of rotatable bonds is 1. The van der Waals surface area contributed by atoms with Crippen LogP contribution in [0.4, 0.5) is 0 Å². The molecule has 0 aliphatic rings. The Hall–Kier alpha value is -2.56. The fraction of sp³-hybridized carbons (Fsp3) is 0.105. The molecule has 1 radical (unpaired) electrons. The summed E-state index contributed by atoms with van der Waals surface area (Å²) in [6.45, 7) is 4.13. The maximum atomic E-state index is 10.1. The van der Waals surface area contributed by atoms with E-state index in [1.54, 1.807) is 12.1 Å². The number of nitrogens with zero attached hydrogens (tertiary/aromatic N) is 3. The van der Waals surface area contributed by atoms with Gasteiger partial charge in [0.05, 0.1) is 5.65 Å². The molecular formula is C19H16IrN3O2-. The quantitative estimate of drug-likeness (QED) is 0.397. The molecule has 0 unspecified atom stereocenters. The van der Waals surface area contributed by atoms with Crippen LogP contribution < -0.4 is 0 Å². The number of imidazole rings is 1. The van der Waals surface area contributed by atoms with Crippen LogP contribution >= 0.6 is 0 Å². The maximum Gasteiger partial charge on any atom is 0.354 e. The summed E-state index contributed by atoms with van der Waals surface area (Å²) in [7, 11) is 0. The number of hydrogen-bond donors (Lipinski definition) is 1. The minimum atomic E-state index is -0.990. The number of pyridine rings is 2. The fourth-order valence-corrected chi connectivity index (χ4v) is 2.41. The molecule has 3 heterocycles. The molecule has 1 N–H and O–H groups in total. The van der Waals surface area contributed by atoms with Crippen molar-refractivity contribution in [3.8, 4) is 0 Å². The van der Waals surface area contributed by atoms with Crippen LogP contribution in [0.15, 0.2) is 54.9 Å². The van der Waals surface area contributed by atoms with Crippen molar-refractivity contribution < 1.29 is 30.0 Å². The summed E-state index contributed by atoms with van der Waals surface area (Å²) in [6, 6.07) is 16.1. The van der Waals surface area contributed by atoms with E-state index in [-0.39, 0.29) is 25.8 Å². The van der Waals surface area contributed by atoms with Gasteiger partial charge in [-0.3, -0.25) is 4.98 Å². The molecule has 0 aliphatic carbocycles. The number of carboxylic acid groups (broad SMARTS) is 1. The molecule has 0 aliphatic heterocycles. The van der Waals surface area contributed by atoms with Gasteiger partial charge in [-0.2, -0.15) is 0 Å². The van der Waals surface area contributed by atoms with Crippen LogP contribution in [0, 0.1) is 19.9 Å². The molecule has 4 aromatic rings. The minimum absolute atomic E-state index is 0. The van der Waals surface area contributed by atoms with Crippen molar-refractivity contribution in [3.05, 3.63) is 78.0 Å². The Morgan fingerprint density at radius 2 is 1.96 bits per heavy atom. The molecule has 4 rings (SSSR count). The van der Waals surface area contributed by atoms with Crippen molar-refractivity contribution in [3.63, 3.8) is 0 Å². The average Bonchev–Trinajstić information content (AvgIpc) is 2.91. The third kappa shape index (κ3) is 3.92. The van der Waals surface area contributed by atoms with Crippen LogP contribution in [0.1, 0.15) is 21.9 Å². The fourth-order valence-electron chi connectivity index (χ4n) is 2.41. The van der Waals surface area contributed by atoms with Gasteiger partial charge in [-0.15, -0.1) is 35.0 Å². The van der Waals surface area contributed by atoms with E-state index in [2.05, 4.69) is 45.7 Å². The molecule has 0 bridgehead atoms. The van der Waals surface area contributed by atoms with E-state index >= 15 is 0 Å². The Kier molecular flexibility index (Phi) is 6.01. The standard InChI is InChI=1S/C13H11N2.C6H5NO2.Ir/c1-9-10(2)15-8-7-11-5-3-4-6-12(11)13(15)14-9;8-6(9)5-3-1-2-4-7-5;/h3-5,7-8H,1-2H3;1-4H,(H,8,9);/q-1;;. The van der Waals surface area contributed by atoms with E-state index in [0.717, 1.165) is 16.7 Å². The molecule has 3 aromatic heterocycles. The van der Waals surface area contributed by atoms with Crippen LogP contribution in [0.5, 0.6) is 0 Å². The third-order valence-electron chi connectivity index (χ3n) is 3.79. The average molecular weight is 511 g/mol. The number of aromatic carboxylic acids is 1. The van der Waals surface area contributed by atoms with Crippen molar-refractivity contribution in [1.82, 2.24) is 14.4 Å². The molecule has 25 heavy (non-hydrogen) atoms. The largest absolute Gasteiger partial charge is 0.477 e. The molecule has 0 amide bonds. The van der Waals surface area contributed by atoms with E-state index in [1.807, 2.05) is 19.1 Å². The van der Waals surface area contributed by atoms with Crippen molar-refractivity contribution in [2.75, 3.05) is 0 Å². The van der Waals surface area contributed by atoms with Gasteiger partial charge < -0.3 is 9.51 Å². The van der Waals surface area contributed by atoms with Gasteiger partial charge in [-0.05, 0) is 32.2 Å². The van der Waals surface area contributed by atoms with Gasteiger partial charge >= 0.3 is 5.97 Å². The van der Waals surface area contributed by atoms with E-state index in [1.165, 1.54) is 23.3 Å². The molecule has 0 saturated heterocycles. The van der Waals surface area contributed by atoms with Crippen LogP contribution in [0.2, 0.25) is 0 Å². The summed E-state index contributed by atoms with van der Waals surface area (Å²) in [5.41, 5.74) is 3.37. The van der Waals surface area contributed by atoms with Gasteiger partial charge in [-0.25, -0.2) is 9.78 Å². The number of carbonyl (C=O) groups is 1. The molecule has 5 nitrogen and oxygen atoms in total. The first kappa shape index (κ1) is 18.8. The molecule has 0 saturated carbocycles. The van der Waals surface area contributed by atoms with Gasteiger partial charge in [0.2, 0.25) is 0 Å². The second-order valence-electron chi connectivity index (χ2n) is 5.31. The third-order valence-corrected chi connectivity index (χ3v) is 3.79. The maximum absolute atomic E-state index is 10.1. The summed E-state index contributed by atoms with van der Waals surface area (Å²) < 4.78 is 2.12. The number of hydrogen-bond acceptors (Lipinski definition) is 3. The molecular weight excluding hydrogens is 494 g/mol. The van der Waals surface area contributed by atoms with Gasteiger partial charge in [0.25, 0.3) is 0 Å². The molecule has 0 spiro atoms. The molecule has 129 valence electrons. The van der Waals surface area contributed by atoms with Gasteiger partial charge in [-0.1, -0.05) is 12.1 Å². The predicted octanol–water partition coefficient (Wildman–Crippen LogP) is 3.68. The van der Waals surface area contributed by atoms with Crippen LogP contribution in [0.3, 0.4) is 0 Å². The summed E-state index contributed by atoms with van der Waals surface area (Å²) in [4.78, 5) is 18.3. The molecule has 0 fully saturated rings. The van der Waals surface area contributed by atoms with Crippen molar-refractivity contribution in [1.29, 1.82) is 0 Å². The van der Waals surface area contributed by atoms with Gasteiger partial charge in [0.15, 0.2) is 0 Å². The van der Waals surface area contributed by atoms with E-state index in [4.69, 9.17) is 5.11 Å². The van der Waals surface area contributed by atoms with Crippen molar-refractivity contribution in [2.24, 2.45) is 0 Å². The summed E-state index contributed by atoms with van der Waals surface area (Å²) in [6.07, 6.45) is 3.52. The predicted molar refractivity (Wildman–Crippen MR) is 92.2 cm³/mol. The number of aryl methyl sites for hydroxylation is 2. The van der Waals surface area contributed by atoms with Crippen molar-refractivity contribution in [2.45, 2.75) is 13.8 Å². The van der Waals surface area contributed by atoms with E-state index in [0.29, 0.717) is 0 Å². The Morgan fingerprint density at radius 1 is 1.16 bits per heavy atom. The second-order valence-corrected chi connectivity index (χ2v) is 5.31. The summed E-state index contributed by atoms with van der Waals surface area (Å²) in [5, 5.41) is 10.6. The van der Waals surface area contributed by atoms with E-state index < -0.39 is 5.97 Å². The minimum Gasteiger partial charge on any atom is -0.477 e.